The van der Waals surface area contributed by atoms with Crippen LogP contribution in [-0.2, 0) is 6.54 Å². The van der Waals surface area contributed by atoms with Crippen molar-refractivity contribution in [3.8, 4) is 0 Å². The first-order valence-electron chi connectivity index (χ1n) is 6.46. The van der Waals surface area contributed by atoms with E-state index in [1.165, 1.54) is 0 Å². The summed E-state index contributed by atoms with van der Waals surface area (Å²) in [5.74, 6) is 0.489. The van der Waals surface area contributed by atoms with Crippen molar-refractivity contribution in [2.24, 2.45) is 0 Å². The summed E-state index contributed by atoms with van der Waals surface area (Å²) in [6.45, 7) is 2.90. The van der Waals surface area contributed by atoms with Crippen LogP contribution in [-0.4, -0.2) is 29.4 Å². The Kier molecular flexibility index (Phi) is 4.00. The summed E-state index contributed by atoms with van der Waals surface area (Å²) in [5.41, 5.74) is 1.75. The van der Waals surface area contributed by atoms with E-state index in [0.29, 0.717) is 11.4 Å². The molecule has 4 nitrogen and oxygen atoms in total. The lowest BCUT2D eigenvalue weighted by Gasteiger charge is -2.12. The van der Waals surface area contributed by atoms with Crippen LogP contribution in [0.4, 0.5) is 5.69 Å². The molecule has 100 valence electrons. The lowest BCUT2D eigenvalue weighted by atomic mass is 10.1. The van der Waals surface area contributed by atoms with Gasteiger partial charge in [0.15, 0.2) is 5.82 Å². The number of ketones is 1. The Morgan fingerprint density at radius 1 is 1.26 bits per heavy atom. The van der Waals surface area contributed by atoms with Crippen molar-refractivity contribution in [2.75, 3.05) is 19.0 Å². The lowest BCUT2D eigenvalue weighted by molar-refractivity contribution is 0.102. The molecule has 0 unspecified atom stereocenters. The average molecular weight is 257 g/mol. The summed E-state index contributed by atoms with van der Waals surface area (Å²) in [6.07, 6.45) is 4.51. The minimum Gasteiger partial charge on any atom is -0.378 e. The first-order valence-corrected chi connectivity index (χ1v) is 6.46. The molecule has 0 amide bonds. The Labute approximate surface area is 113 Å². The van der Waals surface area contributed by atoms with Crippen LogP contribution in [0, 0.1) is 0 Å². The molecular weight excluding hydrogens is 238 g/mol. The molecular formula is C15H19N3O. The smallest absolute Gasteiger partial charge is 0.228 e. The zero-order chi connectivity index (χ0) is 13.8. The highest BCUT2D eigenvalue weighted by molar-refractivity contribution is 6.06. The van der Waals surface area contributed by atoms with Crippen molar-refractivity contribution in [1.82, 2.24) is 9.55 Å². The molecule has 0 aliphatic rings. The molecule has 0 bridgehead atoms. The third-order valence-electron chi connectivity index (χ3n) is 3.03. The molecule has 0 N–H and O–H groups in total. The van der Waals surface area contributed by atoms with Gasteiger partial charge in [-0.25, -0.2) is 4.98 Å². The van der Waals surface area contributed by atoms with Crippen LogP contribution in [0.15, 0.2) is 36.7 Å². The van der Waals surface area contributed by atoms with Crippen molar-refractivity contribution in [3.63, 3.8) is 0 Å². The van der Waals surface area contributed by atoms with Gasteiger partial charge in [0, 0.05) is 44.3 Å². The molecule has 0 saturated heterocycles. The number of hydrogen-bond donors (Lipinski definition) is 0. The monoisotopic (exact) mass is 257 g/mol. The average Bonchev–Trinajstić information content (AvgIpc) is 2.87. The fraction of sp³-hybridized carbons (Fsp3) is 0.333. The van der Waals surface area contributed by atoms with Gasteiger partial charge in [-0.15, -0.1) is 0 Å². The zero-order valence-electron chi connectivity index (χ0n) is 11.6. The number of carbonyl (C=O) groups excluding carboxylic acids is 1. The van der Waals surface area contributed by atoms with E-state index in [0.717, 1.165) is 18.7 Å². The summed E-state index contributed by atoms with van der Waals surface area (Å²) in [4.78, 5) is 18.6. The minimum atomic E-state index is -0.0243. The maximum absolute atomic E-state index is 12.4. The predicted octanol–water partition coefficient (Wildman–Crippen LogP) is 2.59. The van der Waals surface area contributed by atoms with Gasteiger partial charge in [0.1, 0.15) is 0 Å². The Hall–Kier alpha value is -2.10. The SMILES string of the molecule is CCCn1ccnc1C(=O)c1ccc(N(C)C)cc1. The Balaban J connectivity index is 2.26. The predicted molar refractivity (Wildman–Crippen MR) is 76.7 cm³/mol. The minimum absolute atomic E-state index is 0.0243. The molecule has 19 heavy (non-hydrogen) atoms. The molecule has 1 aromatic heterocycles. The van der Waals surface area contributed by atoms with E-state index in [-0.39, 0.29) is 5.78 Å². The van der Waals surface area contributed by atoms with Crippen molar-refractivity contribution in [3.05, 3.63) is 48.0 Å². The quantitative estimate of drug-likeness (QED) is 0.773. The van der Waals surface area contributed by atoms with E-state index >= 15 is 0 Å². The van der Waals surface area contributed by atoms with E-state index in [2.05, 4.69) is 11.9 Å². The summed E-state index contributed by atoms with van der Waals surface area (Å²) < 4.78 is 1.90. The highest BCUT2D eigenvalue weighted by atomic mass is 16.1. The Bertz CT molecular complexity index is 555. The lowest BCUT2D eigenvalue weighted by Crippen LogP contribution is -2.12. The molecule has 2 aromatic rings. The van der Waals surface area contributed by atoms with Gasteiger partial charge in [-0.05, 0) is 30.7 Å². The zero-order valence-corrected chi connectivity index (χ0v) is 11.6. The van der Waals surface area contributed by atoms with Crippen LogP contribution in [0.25, 0.3) is 0 Å². The number of benzene rings is 1. The topological polar surface area (TPSA) is 38.1 Å². The second-order valence-corrected chi connectivity index (χ2v) is 4.71. The van der Waals surface area contributed by atoms with E-state index in [4.69, 9.17) is 0 Å². The maximum Gasteiger partial charge on any atom is 0.228 e. The number of hydrogen-bond acceptors (Lipinski definition) is 3. The number of rotatable bonds is 5. The summed E-state index contributed by atoms with van der Waals surface area (Å²) in [6, 6.07) is 7.59. The van der Waals surface area contributed by atoms with E-state index < -0.39 is 0 Å². The Morgan fingerprint density at radius 2 is 1.95 bits per heavy atom. The van der Waals surface area contributed by atoms with Gasteiger partial charge in [-0.1, -0.05) is 6.92 Å². The summed E-state index contributed by atoms with van der Waals surface area (Å²) >= 11 is 0. The molecule has 0 aliphatic carbocycles. The second-order valence-electron chi connectivity index (χ2n) is 4.71. The molecule has 1 heterocycles. The van der Waals surface area contributed by atoms with Crippen LogP contribution in [0.1, 0.15) is 29.5 Å². The van der Waals surface area contributed by atoms with E-state index in [1.807, 2.05) is 54.0 Å². The number of imidazole rings is 1. The van der Waals surface area contributed by atoms with Crippen LogP contribution in [0.3, 0.4) is 0 Å². The van der Waals surface area contributed by atoms with Crippen molar-refractivity contribution < 1.29 is 4.79 Å². The summed E-state index contributed by atoms with van der Waals surface area (Å²) in [7, 11) is 3.95. The van der Waals surface area contributed by atoms with E-state index in [1.54, 1.807) is 6.20 Å². The van der Waals surface area contributed by atoms with Gasteiger partial charge in [-0.3, -0.25) is 4.79 Å². The molecule has 0 atom stereocenters. The molecule has 0 aliphatic heterocycles. The normalized spacial score (nSPS) is 10.5. The third-order valence-corrected chi connectivity index (χ3v) is 3.03. The number of carbonyl (C=O) groups is 1. The number of nitrogens with zero attached hydrogens (tertiary/aromatic N) is 3. The maximum atomic E-state index is 12.4. The second kappa shape index (κ2) is 5.69. The highest BCUT2D eigenvalue weighted by Crippen LogP contribution is 2.15. The third kappa shape index (κ3) is 2.84. The van der Waals surface area contributed by atoms with Crippen molar-refractivity contribution >= 4 is 11.5 Å². The number of aromatic nitrogens is 2. The number of aryl methyl sites for hydroxylation is 1. The van der Waals surface area contributed by atoms with Gasteiger partial charge in [0.05, 0.1) is 0 Å². The highest BCUT2D eigenvalue weighted by Gasteiger charge is 2.14. The van der Waals surface area contributed by atoms with Gasteiger partial charge in [0.25, 0.3) is 0 Å². The van der Waals surface area contributed by atoms with Gasteiger partial charge < -0.3 is 9.47 Å². The fourth-order valence-electron chi connectivity index (χ4n) is 1.98. The van der Waals surface area contributed by atoms with Crippen LogP contribution >= 0.6 is 0 Å². The van der Waals surface area contributed by atoms with Crippen molar-refractivity contribution in [2.45, 2.75) is 19.9 Å². The molecule has 0 spiro atoms. The standard InChI is InChI=1S/C15H19N3O/c1-4-10-18-11-9-16-15(18)14(19)12-5-7-13(8-6-12)17(2)3/h5-9,11H,4,10H2,1-3H3. The van der Waals surface area contributed by atoms with Gasteiger partial charge in [-0.2, -0.15) is 0 Å². The van der Waals surface area contributed by atoms with Crippen molar-refractivity contribution in [1.29, 1.82) is 0 Å². The fourth-order valence-corrected chi connectivity index (χ4v) is 1.98. The summed E-state index contributed by atoms with van der Waals surface area (Å²) in [5, 5.41) is 0. The van der Waals surface area contributed by atoms with Gasteiger partial charge >= 0.3 is 0 Å². The molecule has 4 heteroatoms. The van der Waals surface area contributed by atoms with Crippen LogP contribution in [0.5, 0.6) is 0 Å². The van der Waals surface area contributed by atoms with Gasteiger partial charge in [0.2, 0.25) is 5.78 Å². The van der Waals surface area contributed by atoms with Crippen LogP contribution in [0.2, 0.25) is 0 Å². The molecule has 1 aromatic carbocycles. The molecule has 0 fully saturated rings. The largest absolute Gasteiger partial charge is 0.378 e. The first-order chi connectivity index (χ1) is 9.13. The first kappa shape index (κ1) is 13.3. The molecule has 0 radical (unpaired) electrons. The molecule has 2 rings (SSSR count). The Morgan fingerprint density at radius 3 is 2.53 bits per heavy atom. The molecule has 0 saturated carbocycles. The van der Waals surface area contributed by atoms with E-state index in [9.17, 15) is 4.79 Å². The van der Waals surface area contributed by atoms with Crippen LogP contribution < -0.4 is 4.90 Å². The number of anilines is 1.